The monoisotopic (exact) mass is 991 g/mol. The number of aliphatic carboxylic acids is 1. The second-order valence-corrected chi connectivity index (χ2v) is 14.9. The molecule has 0 aromatic carbocycles. The van der Waals surface area contributed by atoms with Crippen LogP contribution < -0.4 is 4.72 Å². The number of alkyl halides is 14. The van der Waals surface area contributed by atoms with E-state index in [0.29, 0.717) is 27.8 Å². The first-order valence-electron chi connectivity index (χ1n) is 16.0. The predicted molar refractivity (Wildman–Crippen MR) is 179 cm³/mol. The van der Waals surface area contributed by atoms with Crippen molar-refractivity contribution in [3.63, 3.8) is 0 Å². The Kier molecular flexibility index (Phi) is 26.4. The highest BCUT2D eigenvalue weighted by molar-refractivity contribution is 7.90. The fourth-order valence-electron chi connectivity index (χ4n) is 3.13. The number of carboxylic acid groups (broad SMARTS) is 1. The summed E-state index contributed by atoms with van der Waals surface area (Å²) < 4.78 is 210. The summed E-state index contributed by atoms with van der Waals surface area (Å²) >= 11 is 0. The second-order valence-electron chi connectivity index (χ2n) is 13.0. The van der Waals surface area contributed by atoms with E-state index < -0.39 is 117 Å². The molecule has 378 valence electrons. The molecule has 0 saturated carbocycles. The van der Waals surface area contributed by atoms with E-state index in [9.17, 15) is 89.1 Å². The molecule has 5 unspecified atom stereocenters. The van der Waals surface area contributed by atoms with Gasteiger partial charge in [0.25, 0.3) is 11.6 Å². The fraction of sp³-hybridized carbons (Fsp3) is 0.833. The molecule has 0 bridgehead atoms. The lowest BCUT2D eigenvalue weighted by molar-refractivity contribution is -0.409. The summed E-state index contributed by atoms with van der Waals surface area (Å²) in [4.78, 5) is 50.6. The molecule has 0 aliphatic carbocycles. The number of ether oxygens (including phenoxy) is 5. The van der Waals surface area contributed by atoms with E-state index in [1.807, 2.05) is 0 Å². The van der Waals surface area contributed by atoms with E-state index in [2.05, 4.69) is 23.7 Å². The lowest BCUT2D eigenvalue weighted by Crippen LogP contribution is -2.63. The lowest BCUT2D eigenvalue weighted by Gasteiger charge is -2.35. The van der Waals surface area contributed by atoms with Crippen LogP contribution in [0.2, 0.25) is 0 Å². The summed E-state index contributed by atoms with van der Waals surface area (Å²) in [7, 11) is -2.39. The van der Waals surface area contributed by atoms with Gasteiger partial charge in [-0.15, -0.1) is 0 Å². The average Bonchev–Trinajstić information content (AvgIpc) is 3.21. The van der Waals surface area contributed by atoms with E-state index in [0.717, 1.165) is 32.6 Å². The van der Waals surface area contributed by atoms with Gasteiger partial charge in [-0.05, 0) is 48.6 Å². The molecule has 0 aromatic heterocycles. The Morgan fingerprint density at radius 2 is 1.13 bits per heavy atom. The highest BCUT2D eigenvalue weighted by atomic mass is 32.2. The quantitative estimate of drug-likeness (QED) is 0.121. The van der Waals surface area contributed by atoms with Gasteiger partial charge < -0.3 is 49.2 Å². The molecule has 1 aliphatic rings. The molecule has 18 nitrogen and oxygen atoms in total. The van der Waals surface area contributed by atoms with Crippen LogP contribution in [0, 0.1) is 0 Å². The van der Waals surface area contributed by atoms with Crippen LogP contribution in [-0.2, 0) is 57.7 Å². The molecule has 0 amide bonds. The molecule has 1 aliphatic heterocycles. The smallest absolute Gasteiger partial charge is 0.481 e. The second kappa shape index (κ2) is 24.4. The van der Waals surface area contributed by atoms with Gasteiger partial charge in [0.1, 0.15) is 6.10 Å². The normalized spacial score (nSPS) is 20.9. The maximum atomic E-state index is 13.5. The average molecular weight is 992 g/mol. The number of esters is 4. The van der Waals surface area contributed by atoms with Crippen LogP contribution in [0.1, 0.15) is 68.7 Å². The largest absolute Gasteiger partial charge is 0.511 e. The third kappa shape index (κ3) is 22.5. The minimum atomic E-state index is -5.71. The Hall–Kier alpha value is -3.92. The minimum Gasteiger partial charge on any atom is -0.481 e. The van der Waals surface area contributed by atoms with Crippen molar-refractivity contribution in [2.24, 2.45) is 0 Å². The molecule has 1 heterocycles. The number of aliphatic hydroxyl groups is 4. The van der Waals surface area contributed by atoms with Crippen LogP contribution in [0.15, 0.2) is 0 Å². The topological polar surface area (TPSA) is 279 Å². The van der Waals surface area contributed by atoms with Gasteiger partial charge in [-0.25, -0.2) is 22.7 Å². The number of carbonyl (C=O) groups is 5. The molecule has 1 fully saturated rings. The van der Waals surface area contributed by atoms with E-state index in [-0.39, 0.29) is 0 Å². The maximum Gasteiger partial charge on any atom is 0.511 e. The van der Waals surface area contributed by atoms with Gasteiger partial charge in [-0.3, -0.25) is 14.4 Å². The number of sulfonamides is 1. The Balaban J connectivity index is -0.000000223. The van der Waals surface area contributed by atoms with Crippen molar-refractivity contribution in [1.29, 1.82) is 0 Å². The molecule has 0 radical (unpaired) electrons. The number of rotatable bonds is 7. The highest BCUT2D eigenvalue weighted by Gasteiger charge is 2.82. The SMILES string of the molecule is CC(=O)O.CC(=O)OC(C)CC(C)(O)C(F)(F)F.CC(=O)OC1(C)COC(O)(C(F)(F)F)C1(F)F.CNS(=O)(=O)C(F)(F)F.COC(=O)C(C)(C)O.COC(=O)C(C)(O)C(F)(F)F. The summed E-state index contributed by atoms with van der Waals surface area (Å²) in [5.41, 5.74) is -15.7. The van der Waals surface area contributed by atoms with Gasteiger partial charge in [0.15, 0.2) is 11.2 Å². The van der Waals surface area contributed by atoms with Crippen LogP contribution >= 0.6 is 0 Å². The van der Waals surface area contributed by atoms with Crippen molar-refractivity contribution in [2.45, 2.75) is 133 Å². The van der Waals surface area contributed by atoms with Crippen molar-refractivity contribution < 1.29 is 143 Å². The van der Waals surface area contributed by atoms with Gasteiger partial charge in [0.05, 0.1) is 20.8 Å². The number of halogens is 14. The highest BCUT2D eigenvalue weighted by Crippen LogP contribution is 2.54. The first kappa shape index (κ1) is 68.1. The van der Waals surface area contributed by atoms with Crippen molar-refractivity contribution in [2.75, 3.05) is 27.9 Å². The zero-order valence-electron chi connectivity index (χ0n) is 34.8. The summed E-state index contributed by atoms with van der Waals surface area (Å²) in [5.74, 6) is -14.5. The lowest BCUT2D eigenvalue weighted by atomic mass is 9.94. The van der Waals surface area contributed by atoms with E-state index >= 15 is 0 Å². The fourth-order valence-corrected chi connectivity index (χ4v) is 3.36. The molecular weight excluding hydrogens is 944 g/mol. The molecule has 33 heteroatoms. The van der Waals surface area contributed by atoms with Crippen LogP contribution in [0.4, 0.5) is 61.5 Å². The Labute approximate surface area is 348 Å². The molecule has 1 saturated heterocycles. The van der Waals surface area contributed by atoms with Crippen LogP contribution in [-0.4, -0.2) is 156 Å². The minimum absolute atomic E-state index is 0.332. The van der Waals surface area contributed by atoms with E-state index in [1.165, 1.54) is 27.9 Å². The standard InChI is InChI=1S/C8H9F5O4.C8H13F3O3.C5H7F3O3.C5H10O3.C2H4F3NO2S.C2H4O2/c1-4(14)17-5(2)3-16-7(15,6(5,9)10)8(11,12)13;1-5(14-6(2)12)4-7(3,13)8(9,10)11;1-4(10,3(9)11-2)5(6,7)8;1-5(2,7)4(6)8-3;1-6-9(7,8)2(3,4)5;1-2(3)4/h15H,3H2,1-2H3;5,13H,4H2,1-3H3;10H,1-2H3;7H,1-3H3;6H,1H3;1H3,(H,3,4). The zero-order chi connectivity index (χ0) is 52.6. The zero-order valence-corrected chi connectivity index (χ0v) is 35.6. The Bertz CT molecular complexity index is 1590. The van der Waals surface area contributed by atoms with Crippen molar-refractivity contribution in [3.05, 3.63) is 0 Å². The number of carbonyl (C=O) groups excluding carboxylic acids is 4. The maximum absolute atomic E-state index is 13.5. The third-order valence-corrected chi connectivity index (χ3v) is 7.60. The van der Waals surface area contributed by atoms with Crippen molar-refractivity contribution >= 4 is 39.9 Å². The number of nitrogens with one attached hydrogen (secondary N) is 1. The number of hydrogen-bond donors (Lipinski definition) is 6. The molecule has 1 rings (SSSR count). The molecule has 6 N–H and O–H groups in total. The molecule has 0 aromatic rings. The number of carboxylic acids is 1. The molecule has 5 atom stereocenters. The van der Waals surface area contributed by atoms with E-state index in [4.69, 9.17) is 30.3 Å². The van der Waals surface area contributed by atoms with Gasteiger partial charge in [-0.1, -0.05) is 0 Å². The molecule has 0 spiro atoms. The first-order chi connectivity index (χ1) is 27.2. The summed E-state index contributed by atoms with van der Waals surface area (Å²) in [6.45, 7) is 7.24. The van der Waals surface area contributed by atoms with Gasteiger partial charge in [0.2, 0.25) is 5.60 Å². The van der Waals surface area contributed by atoms with Gasteiger partial charge in [-0.2, -0.15) is 61.5 Å². The van der Waals surface area contributed by atoms with Crippen molar-refractivity contribution in [3.8, 4) is 0 Å². The summed E-state index contributed by atoms with van der Waals surface area (Å²) in [6, 6.07) is 0. The van der Waals surface area contributed by atoms with Crippen LogP contribution in [0.25, 0.3) is 0 Å². The summed E-state index contributed by atoms with van der Waals surface area (Å²) in [5, 5.41) is 42.7. The molecule has 63 heavy (non-hydrogen) atoms. The third-order valence-electron chi connectivity index (χ3n) is 6.46. The van der Waals surface area contributed by atoms with Crippen LogP contribution in [0.5, 0.6) is 0 Å². The Morgan fingerprint density at radius 3 is 1.29 bits per heavy atom. The molecular formula is C30H47F14NO17S. The first-order valence-corrected chi connectivity index (χ1v) is 17.5. The van der Waals surface area contributed by atoms with Gasteiger partial charge in [0, 0.05) is 27.2 Å². The summed E-state index contributed by atoms with van der Waals surface area (Å²) in [6.07, 6.45) is -17.1. The number of hydrogen-bond acceptors (Lipinski definition) is 16. The van der Waals surface area contributed by atoms with Gasteiger partial charge >= 0.3 is 69.6 Å². The predicted octanol–water partition coefficient (Wildman–Crippen LogP) is 3.42. The Morgan fingerprint density at radius 1 is 0.762 bits per heavy atom. The van der Waals surface area contributed by atoms with E-state index in [1.54, 1.807) is 0 Å². The number of methoxy groups -OCH3 is 2. The van der Waals surface area contributed by atoms with Crippen LogP contribution in [0.3, 0.4) is 0 Å². The van der Waals surface area contributed by atoms with Crippen molar-refractivity contribution in [1.82, 2.24) is 4.72 Å².